The van der Waals surface area contributed by atoms with Crippen LogP contribution in [0.15, 0.2) is 35.2 Å². The highest BCUT2D eigenvalue weighted by molar-refractivity contribution is 7.98. The minimum Gasteiger partial charge on any atom is -0.478 e. The van der Waals surface area contributed by atoms with Gasteiger partial charge in [-0.1, -0.05) is 12.1 Å². The average Bonchev–Trinajstić information content (AvgIpc) is 2.42. The normalized spacial score (nSPS) is 11.8. The first-order valence-corrected chi connectivity index (χ1v) is 8.83. The number of thioether (sulfide) groups is 1. The van der Waals surface area contributed by atoms with Crippen molar-refractivity contribution < 1.29 is 18.3 Å². The molecule has 0 saturated heterocycles. The van der Waals surface area contributed by atoms with Crippen LogP contribution in [-0.2, 0) is 14.8 Å². The molecule has 110 valence electrons. The SMILES string of the molecule is CSCCCNS(=O)(=O)c1cccc(C=CC(=O)O)c1. The number of sulfonamides is 1. The van der Waals surface area contributed by atoms with E-state index in [-0.39, 0.29) is 4.90 Å². The molecule has 0 spiro atoms. The Morgan fingerprint density at radius 3 is 2.85 bits per heavy atom. The first-order valence-electron chi connectivity index (χ1n) is 5.95. The summed E-state index contributed by atoms with van der Waals surface area (Å²) in [7, 11) is -3.54. The quantitative estimate of drug-likeness (QED) is 0.565. The number of aliphatic carboxylic acids is 1. The zero-order valence-electron chi connectivity index (χ0n) is 11.1. The van der Waals surface area contributed by atoms with Gasteiger partial charge in [-0.3, -0.25) is 0 Å². The Kier molecular flexibility index (Phi) is 6.77. The van der Waals surface area contributed by atoms with Gasteiger partial charge in [-0.15, -0.1) is 0 Å². The highest BCUT2D eigenvalue weighted by Crippen LogP contribution is 2.12. The fraction of sp³-hybridized carbons (Fsp3) is 0.308. The fourth-order valence-electron chi connectivity index (χ4n) is 1.46. The number of benzene rings is 1. The third-order valence-electron chi connectivity index (χ3n) is 2.40. The smallest absolute Gasteiger partial charge is 0.328 e. The predicted octanol–water partition coefficient (Wildman–Crippen LogP) is 1.82. The lowest BCUT2D eigenvalue weighted by Gasteiger charge is -2.07. The van der Waals surface area contributed by atoms with Crippen molar-refractivity contribution in [1.82, 2.24) is 4.72 Å². The van der Waals surface area contributed by atoms with E-state index >= 15 is 0 Å². The molecule has 0 radical (unpaired) electrons. The van der Waals surface area contributed by atoms with Crippen molar-refractivity contribution in [2.45, 2.75) is 11.3 Å². The number of carboxylic acids is 1. The van der Waals surface area contributed by atoms with Crippen LogP contribution in [-0.4, -0.2) is 38.0 Å². The number of hydrogen-bond donors (Lipinski definition) is 2. The summed E-state index contributed by atoms with van der Waals surface area (Å²) in [5.41, 5.74) is 0.527. The predicted molar refractivity (Wildman–Crippen MR) is 81.3 cm³/mol. The summed E-state index contributed by atoms with van der Waals surface area (Å²) in [4.78, 5) is 10.6. The monoisotopic (exact) mass is 315 g/mol. The number of carboxylic acid groups (broad SMARTS) is 1. The van der Waals surface area contributed by atoms with Crippen molar-refractivity contribution in [1.29, 1.82) is 0 Å². The van der Waals surface area contributed by atoms with Gasteiger partial charge >= 0.3 is 5.97 Å². The highest BCUT2D eigenvalue weighted by Gasteiger charge is 2.12. The Labute approximate surface area is 123 Å². The van der Waals surface area contributed by atoms with E-state index in [0.717, 1.165) is 18.2 Å². The Balaban J connectivity index is 2.79. The maximum atomic E-state index is 12.0. The maximum Gasteiger partial charge on any atom is 0.328 e. The molecule has 0 unspecified atom stereocenters. The van der Waals surface area contributed by atoms with E-state index in [1.165, 1.54) is 18.2 Å². The lowest BCUT2D eigenvalue weighted by atomic mass is 10.2. The molecule has 0 aliphatic carbocycles. The molecular formula is C13H17NO4S2. The molecule has 0 aliphatic rings. The topological polar surface area (TPSA) is 83.5 Å². The van der Waals surface area contributed by atoms with Crippen LogP contribution < -0.4 is 4.72 Å². The fourth-order valence-corrected chi connectivity index (χ4v) is 3.02. The molecule has 0 heterocycles. The largest absolute Gasteiger partial charge is 0.478 e. The lowest BCUT2D eigenvalue weighted by Crippen LogP contribution is -2.25. The van der Waals surface area contributed by atoms with Crippen molar-refractivity contribution in [3.63, 3.8) is 0 Å². The highest BCUT2D eigenvalue weighted by atomic mass is 32.2. The van der Waals surface area contributed by atoms with Crippen LogP contribution in [0.1, 0.15) is 12.0 Å². The Bertz CT molecular complexity index is 582. The van der Waals surface area contributed by atoms with E-state index in [0.29, 0.717) is 12.1 Å². The van der Waals surface area contributed by atoms with Crippen LogP contribution >= 0.6 is 11.8 Å². The van der Waals surface area contributed by atoms with Gasteiger partial charge in [0.15, 0.2) is 0 Å². The van der Waals surface area contributed by atoms with E-state index in [1.807, 2.05) is 6.26 Å². The molecule has 0 amide bonds. The molecule has 0 aliphatic heterocycles. The van der Waals surface area contributed by atoms with Crippen LogP contribution in [0.25, 0.3) is 6.08 Å². The van der Waals surface area contributed by atoms with Crippen molar-refractivity contribution in [2.24, 2.45) is 0 Å². The van der Waals surface area contributed by atoms with E-state index in [1.54, 1.807) is 23.9 Å². The molecule has 0 fully saturated rings. The Morgan fingerprint density at radius 1 is 1.45 bits per heavy atom. The molecule has 0 bridgehead atoms. The van der Waals surface area contributed by atoms with Crippen molar-refractivity contribution in [3.8, 4) is 0 Å². The average molecular weight is 315 g/mol. The summed E-state index contributed by atoms with van der Waals surface area (Å²) in [5.74, 6) is -0.183. The summed E-state index contributed by atoms with van der Waals surface area (Å²) in [5, 5.41) is 8.55. The number of rotatable bonds is 8. The summed E-state index contributed by atoms with van der Waals surface area (Å²) < 4.78 is 26.6. The third kappa shape index (κ3) is 5.77. The molecular weight excluding hydrogens is 298 g/mol. The minimum atomic E-state index is -3.54. The molecule has 20 heavy (non-hydrogen) atoms. The molecule has 2 N–H and O–H groups in total. The Morgan fingerprint density at radius 2 is 2.20 bits per heavy atom. The second kappa shape index (κ2) is 8.08. The van der Waals surface area contributed by atoms with Crippen molar-refractivity contribution in [3.05, 3.63) is 35.9 Å². The zero-order chi connectivity index (χ0) is 15.0. The van der Waals surface area contributed by atoms with Gasteiger partial charge in [0.05, 0.1) is 4.90 Å². The van der Waals surface area contributed by atoms with Crippen molar-refractivity contribution in [2.75, 3.05) is 18.6 Å². The summed E-state index contributed by atoms with van der Waals surface area (Å²) in [6.45, 7) is 0.387. The van der Waals surface area contributed by atoms with Crippen LogP contribution in [0.2, 0.25) is 0 Å². The minimum absolute atomic E-state index is 0.134. The van der Waals surface area contributed by atoms with Gasteiger partial charge in [-0.25, -0.2) is 17.9 Å². The molecule has 1 rings (SSSR count). The van der Waals surface area contributed by atoms with E-state index in [4.69, 9.17) is 5.11 Å². The van der Waals surface area contributed by atoms with Crippen LogP contribution in [0, 0.1) is 0 Å². The molecule has 7 heteroatoms. The van der Waals surface area contributed by atoms with Crippen molar-refractivity contribution >= 4 is 33.8 Å². The lowest BCUT2D eigenvalue weighted by molar-refractivity contribution is -0.131. The number of hydrogen-bond acceptors (Lipinski definition) is 4. The summed E-state index contributed by atoms with van der Waals surface area (Å²) in [6, 6.07) is 6.15. The summed E-state index contributed by atoms with van der Waals surface area (Å²) in [6.07, 6.45) is 5.05. The van der Waals surface area contributed by atoms with E-state index in [9.17, 15) is 13.2 Å². The van der Waals surface area contributed by atoms with Gasteiger partial charge in [0.25, 0.3) is 0 Å². The van der Waals surface area contributed by atoms with Gasteiger partial charge in [0.2, 0.25) is 10.0 Å². The van der Waals surface area contributed by atoms with Gasteiger partial charge in [0.1, 0.15) is 0 Å². The van der Waals surface area contributed by atoms with Gasteiger partial charge in [0, 0.05) is 12.6 Å². The number of nitrogens with one attached hydrogen (secondary N) is 1. The second-order valence-electron chi connectivity index (χ2n) is 3.99. The van der Waals surface area contributed by atoms with Crippen LogP contribution in [0.4, 0.5) is 0 Å². The van der Waals surface area contributed by atoms with Crippen LogP contribution in [0.3, 0.4) is 0 Å². The zero-order valence-corrected chi connectivity index (χ0v) is 12.7. The van der Waals surface area contributed by atoms with E-state index in [2.05, 4.69) is 4.72 Å². The maximum absolute atomic E-state index is 12.0. The molecule has 0 saturated carbocycles. The first kappa shape index (κ1) is 16.7. The molecule has 5 nitrogen and oxygen atoms in total. The second-order valence-corrected chi connectivity index (χ2v) is 6.74. The first-order chi connectivity index (χ1) is 9.45. The molecule has 0 atom stereocenters. The molecule has 1 aromatic rings. The summed E-state index contributed by atoms with van der Waals surface area (Å²) >= 11 is 1.66. The number of carbonyl (C=O) groups is 1. The standard InChI is InChI=1S/C13H17NO4S2/c1-19-9-3-8-14-20(17,18)12-5-2-4-11(10-12)6-7-13(15)16/h2,4-7,10,14H,3,8-9H2,1H3,(H,15,16). The van der Waals surface area contributed by atoms with Gasteiger partial charge < -0.3 is 5.11 Å². The van der Waals surface area contributed by atoms with Gasteiger partial charge in [-0.2, -0.15) is 11.8 Å². The van der Waals surface area contributed by atoms with E-state index < -0.39 is 16.0 Å². The Hall–Kier alpha value is -1.31. The third-order valence-corrected chi connectivity index (χ3v) is 4.56. The molecule has 0 aromatic heterocycles. The van der Waals surface area contributed by atoms with Gasteiger partial charge in [-0.05, 0) is 42.2 Å². The molecule has 1 aromatic carbocycles. The van der Waals surface area contributed by atoms with Crippen LogP contribution in [0.5, 0.6) is 0 Å².